The van der Waals surface area contributed by atoms with Gasteiger partial charge in [-0.2, -0.15) is 0 Å². The Kier molecular flexibility index (Phi) is 5.52. The molecule has 0 aromatic heterocycles. The van der Waals surface area contributed by atoms with Gasteiger partial charge in [0.15, 0.2) is 23.9 Å². The molecule has 0 radical (unpaired) electrons. The number of Topliss-reactive ketones (excluding diaryl/α,β-unsaturated/α-hetero) is 1. The third-order valence-corrected chi connectivity index (χ3v) is 3.71. The number of methoxy groups -OCH3 is 2. The largest absolute Gasteiger partial charge is 0.493 e. The molecular formula is C16H14Cl2O4. The van der Waals surface area contributed by atoms with E-state index in [9.17, 15) is 4.79 Å². The Morgan fingerprint density at radius 1 is 0.955 bits per heavy atom. The molecule has 0 fully saturated rings. The fourth-order valence-corrected chi connectivity index (χ4v) is 2.10. The maximum atomic E-state index is 12.2. The monoisotopic (exact) mass is 340 g/mol. The van der Waals surface area contributed by atoms with E-state index in [2.05, 4.69) is 0 Å². The predicted octanol–water partition coefficient (Wildman–Crippen LogP) is 4.27. The number of ketones is 1. The zero-order chi connectivity index (χ0) is 16.1. The van der Waals surface area contributed by atoms with E-state index in [4.69, 9.17) is 37.4 Å². The van der Waals surface area contributed by atoms with E-state index >= 15 is 0 Å². The number of benzene rings is 2. The molecule has 0 bridgehead atoms. The lowest BCUT2D eigenvalue weighted by atomic mass is 10.1. The van der Waals surface area contributed by atoms with Crippen LogP contribution in [0.4, 0.5) is 0 Å². The lowest BCUT2D eigenvalue weighted by Gasteiger charge is -2.10. The van der Waals surface area contributed by atoms with Crippen LogP contribution in [-0.2, 0) is 0 Å². The van der Waals surface area contributed by atoms with Crippen molar-refractivity contribution in [1.29, 1.82) is 0 Å². The molecule has 0 aliphatic carbocycles. The van der Waals surface area contributed by atoms with E-state index in [-0.39, 0.29) is 12.4 Å². The van der Waals surface area contributed by atoms with Gasteiger partial charge in [-0.1, -0.05) is 23.2 Å². The molecule has 2 aromatic carbocycles. The van der Waals surface area contributed by atoms with Crippen molar-refractivity contribution in [3.05, 3.63) is 52.0 Å². The molecule has 0 spiro atoms. The van der Waals surface area contributed by atoms with Gasteiger partial charge in [-0.05, 0) is 30.3 Å². The summed E-state index contributed by atoms with van der Waals surface area (Å²) in [6.45, 7) is -0.118. The first kappa shape index (κ1) is 16.5. The molecule has 22 heavy (non-hydrogen) atoms. The lowest BCUT2D eigenvalue weighted by molar-refractivity contribution is 0.0921. The van der Waals surface area contributed by atoms with Crippen molar-refractivity contribution in [2.45, 2.75) is 0 Å². The number of halogens is 2. The van der Waals surface area contributed by atoms with E-state index in [1.54, 1.807) is 36.4 Å². The molecule has 0 aliphatic heterocycles. The van der Waals surface area contributed by atoms with Crippen LogP contribution in [0.2, 0.25) is 10.0 Å². The fourth-order valence-electron chi connectivity index (χ4n) is 1.81. The minimum atomic E-state index is -0.188. The maximum Gasteiger partial charge on any atom is 0.200 e. The summed E-state index contributed by atoms with van der Waals surface area (Å²) in [5.74, 6) is 1.34. The molecule has 0 amide bonds. The van der Waals surface area contributed by atoms with Crippen molar-refractivity contribution in [3.8, 4) is 17.2 Å². The second-order valence-corrected chi connectivity index (χ2v) is 5.17. The van der Waals surface area contributed by atoms with E-state index in [1.807, 2.05) is 0 Å². The average Bonchev–Trinajstić information content (AvgIpc) is 2.54. The van der Waals surface area contributed by atoms with Crippen LogP contribution in [0.5, 0.6) is 17.2 Å². The lowest BCUT2D eigenvalue weighted by Crippen LogP contribution is -2.11. The molecule has 0 atom stereocenters. The Hall–Kier alpha value is -1.91. The van der Waals surface area contributed by atoms with E-state index in [0.29, 0.717) is 32.9 Å². The standard InChI is InChI=1S/C16H14Cl2O4/c1-20-15-6-3-10(7-16(15)21-2)14(19)9-22-11-4-5-12(17)13(18)8-11/h3-8H,9H2,1-2H3. The van der Waals surface area contributed by atoms with Gasteiger partial charge in [-0.3, -0.25) is 4.79 Å². The Bertz CT molecular complexity index is 686. The van der Waals surface area contributed by atoms with Crippen LogP contribution in [0.25, 0.3) is 0 Å². The molecule has 0 saturated heterocycles. The number of carbonyl (C=O) groups excluding carboxylic acids is 1. The Morgan fingerprint density at radius 2 is 1.68 bits per heavy atom. The fraction of sp³-hybridized carbons (Fsp3) is 0.188. The van der Waals surface area contributed by atoms with Gasteiger partial charge in [0.2, 0.25) is 0 Å². The van der Waals surface area contributed by atoms with Crippen LogP contribution in [0.15, 0.2) is 36.4 Å². The number of carbonyl (C=O) groups is 1. The van der Waals surface area contributed by atoms with E-state index in [1.165, 1.54) is 14.2 Å². The summed E-state index contributed by atoms with van der Waals surface area (Å²) >= 11 is 11.7. The first-order valence-corrected chi connectivity index (χ1v) is 7.14. The predicted molar refractivity (Wildman–Crippen MR) is 85.8 cm³/mol. The van der Waals surface area contributed by atoms with Crippen LogP contribution >= 0.6 is 23.2 Å². The van der Waals surface area contributed by atoms with E-state index < -0.39 is 0 Å². The third kappa shape index (κ3) is 3.84. The topological polar surface area (TPSA) is 44.8 Å². The van der Waals surface area contributed by atoms with Gasteiger partial charge in [0.05, 0.1) is 24.3 Å². The third-order valence-electron chi connectivity index (χ3n) is 2.97. The molecule has 0 aliphatic rings. The van der Waals surface area contributed by atoms with Gasteiger partial charge >= 0.3 is 0 Å². The maximum absolute atomic E-state index is 12.2. The smallest absolute Gasteiger partial charge is 0.200 e. The zero-order valence-electron chi connectivity index (χ0n) is 12.1. The van der Waals surface area contributed by atoms with Crippen molar-refractivity contribution >= 4 is 29.0 Å². The highest BCUT2D eigenvalue weighted by atomic mass is 35.5. The summed E-state index contributed by atoms with van der Waals surface area (Å²) in [5, 5.41) is 0.804. The summed E-state index contributed by atoms with van der Waals surface area (Å²) < 4.78 is 15.7. The van der Waals surface area contributed by atoms with Crippen molar-refractivity contribution in [2.24, 2.45) is 0 Å². The summed E-state index contributed by atoms with van der Waals surface area (Å²) in [6.07, 6.45) is 0. The van der Waals surface area contributed by atoms with Crippen molar-refractivity contribution < 1.29 is 19.0 Å². The summed E-state index contributed by atoms with van der Waals surface area (Å²) in [5.41, 5.74) is 0.470. The SMILES string of the molecule is COc1ccc(C(=O)COc2ccc(Cl)c(Cl)c2)cc1OC. The number of hydrogen-bond acceptors (Lipinski definition) is 4. The van der Waals surface area contributed by atoms with Crippen molar-refractivity contribution in [3.63, 3.8) is 0 Å². The molecule has 2 aromatic rings. The second kappa shape index (κ2) is 7.38. The molecule has 0 unspecified atom stereocenters. The molecule has 116 valence electrons. The molecule has 0 saturated carbocycles. The summed E-state index contributed by atoms with van der Waals surface area (Å²) in [6, 6.07) is 9.76. The zero-order valence-corrected chi connectivity index (χ0v) is 13.6. The van der Waals surface area contributed by atoms with E-state index in [0.717, 1.165) is 0 Å². The van der Waals surface area contributed by atoms with Crippen molar-refractivity contribution in [2.75, 3.05) is 20.8 Å². The number of hydrogen-bond donors (Lipinski definition) is 0. The summed E-state index contributed by atoms with van der Waals surface area (Å²) in [4.78, 5) is 12.2. The number of ether oxygens (including phenoxy) is 3. The Balaban J connectivity index is 2.07. The average molecular weight is 341 g/mol. The van der Waals surface area contributed by atoms with Crippen LogP contribution in [0.3, 0.4) is 0 Å². The summed E-state index contributed by atoms with van der Waals surface area (Å²) in [7, 11) is 3.05. The van der Waals surface area contributed by atoms with Gasteiger partial charge in [-0.25, -0.2) is 0 Å². The molecule has 0 heterocycles. The normalized spacial score (nSPS) is 10.2. The quantitative estimate of drug-likeness (QED) is 0.736. The van der Waals surface area contributed by atoms with Crippen LogP contribution < -0.4 is 14.2 Å². The highest BCUT2D eigenvalue weighted by molar-refractivity contribution is 6.42. The van der Waals surface area contributed by atoms with Crippen LogP contribution in [-0.4, -0.2) is 26.6 Å². The van der Waals surface area contributed by atoms with Crippen molar-refractivity contribution in [1.82, 2.24) is 0 Å². The minimum absolute atomic E-state index is 0.118. The number of rotatable bonds is 6. The molecule has 4 nitrogen and oxygen atoms in total. The first-order valence-electron chi connectivity index (χ1n) is 6.38. The van der Waals surface area contributed by atoms with Gasteiger partial charge in [0, 0.05) is 11.6 Å². The Labute approximate surface area is 138 Å². The first-order chi connectivity index (χ1) is 10.5. The van der Waals surface area contributed by atoms with Gasteiger partial charge in [0.25, 0.3) is 0 Å². The Morgan fingerprint density at radius 3 is 2.32 bits per heavy atom. The minimum Gasteiger partial charge on any atom is -0.493 e. The van der Waals surface area contributed by atoms with Crippen LogP contribution in [0.1, 0.15) is 10.4 Å². The molecule has 2 rings (SSSR count). The van der Waals surface area contributed by atoms with Gasteiger partial charge < -0.3 is 14.2 Å². The van der Waals surface area contributed by atoms with Gasteiger partial charge in [0.1, 0.15) is 5.75 Å². The highest BCUT2D eigenvalue weighted by Crippen LogP contribution is 2.28. The molecule has 0 N–H and O–H groups in total. The van der Waals surface area contributed by atoms with Crippen LogP contribution in [0, 0.1) is 0 Å². The second-order valence-electron chi connectivity index (χ2n) is 4.36. The molecule has 6 heteroatoms. The highest BCUT2D eigenvalue weighted by Gasteiger charge is 2.12. The van der Waals surface area contributed by atoms with Gasteiger partial charge in [-0.15, -0.1) is 0 Å². The molecular weight excluding hydrogens is 327 g/mol.